The maximum Gasteiger partial charge on any atom is 0.414 e. The predicted octanol–water partition coefficient (Wildman–Crippen LogP) is 1.88. The van der Waals surface area contributed by atoms with E-state index in [1.165, 1.54) is 31.2 Å². The zero-order valence-corrected chi connectivity index (χ0v) is 12.0. The Labute approximate surface area is 123 Å². The first-order valence-corrected chi connectivity index (χ1v) is 6.86. The molecule has 21 heavy (non-hydrogen) atoms. The normalized spacial score (nSPS) is 14.1. The summed E-state index contributed by atoms with van der Waals surface area (Å²) in [6, 6.07) is 8.94. The van der Waals surface area contributed by atoms with Crippen molar-refractivity contribution in [3.63, 3.8) is 0 Å². The van der Waals surface area contributed by atoms with Gasteiger partial charge in [0.15, 0.2) is 0 Å². The minimum Gasteiger partial charge on any atom is -0.496 e. The molecule has 2 rings (SSSR count). The van der Waals surface area contributed by atoms with Crippen LogP contribution in [0.1, 0.15) is 31.2 Å². The predicted molar refractivity (Wildman–Crippen MR) is 77.4 cm³/mol. The fourth-order valence-corrected chi connectivity index (χ4v) is 2.23. The molecule has 1 aromatic carbocycles. The molecular formula is C15H21NO5. The first-order valence-electron chi connectivity index (χ1n) is 6.86. The van der Waals surface area contributed by atoms with Gasteiger partial charge < -0.3 is 20.3 Å². The van der Waals surface area contributed by atoms with E-state index in [9.17, 15) is 0 Å². The van der Waals surface area contributed by atoms with Gasteiger partial charge in [-0.1, -0.05) is 31.0 Å². The third kappa shape index (κ3) is 6.27. The molecule has 0 saturated heterocycles. The fourth-order valence-electron chi connectivity index (χ4n) is 2.23. The molecule has 0 bridgehead atoms. The number of hydrogen-bond donors (Lipinski definition) is 3. The van der Waals surface area contributed by atoms with E-state index in [2.05, 4.69) is 17.4 Å². The molecule has 6 heteroatoms. The van der Waals surface area contributed by atoms with Gasteiger partial charge >= 0.3 is 11.9 Å². The number of methoxy groups -OCH3 is 1. The fraction of sp³-hybridized carbons (Fsp3) is 0.467. The Morgan fingerprint density at radius 2 is 1.76 bits per heavy atom. The lowest BCUT2D eigenvalue weighted by Gasteiger charge is -2.13. The molecule has 1 aromatic rings. The second-order valence-electron chi connectivity index (χ2n) is 4.78. The smallest absolute Gasteiger partial charge is 0.414 e. The van der Waals surface area contributed by atoms with Gasteiger partial charge in [-0.15, -0.1) is 0 Å². The number of carboxylic acids is 2. The number of ether oxygens (including phenoxy) is 1. The standard InChI is InChI=1S/C13H19NO.C2H2O4/c1-15-13-9-5-2-6-11(13)10-14-12-7-3-4-8-12;3-1(4)2(5)6/h2,5-6,9,12,14H,3-4,7-8,10H2,1H3;(H,3,4)(H,5,6). The number of benzene rings is 1. The van der Waals surface area contributed by atoms with Crippen molar-refractivity contribution in [2.24, 2.45) is 0 Å². The Morgan fingerprint density at radius 3 is 2.29 bits per heavy atom. The Hall–Kier alpha value is -2.08. The van der Waals surface area contributed by atoms with Crippen molar-refractivity contribution >= 4 is 11.9 Å². The topological polar surface area (TPSA) is 95.9 Å². The SMILES string of the molecule is COc1ccccc1CNC1CCCC1.O=C(O)C(=O)O. The maximum atomic E-state index is 9.10. The Kier molecular flexibility index (Phi) is 7.25. The molecule has 1 aliphatic carbocycles. The summed E-state index contributed by atoms with van der Waals surface area (Å²) in [5.74, 6) is -2.66. The van der Waals surface area contributed by atoms with Gasteiger partial charge in [0, 0.05) is 18.2 Å². The summed E-state index contributed by atoms with van der Waals surface area (Å²) in [5, 5.41) is 18.4. The third-order valence-electron chi connectivity index (χ3n) is 3.31. The van der Waals surface area contributed by atoms with Crippen LogP contribution in [0.5, 0.6) is 5.75 Å². The van der Waals surface area contributed by atoms with Gasteiger partial charge in [-0.3, -0.25) is 0 Å². The van der Waals surface area contributed by atoms with Crippen molar-refractivity contribution in [1.29, 1.82) is 0 Å². The maximum absolute atomic E-state index is 9.10. The van der Waals surface area contributed by atoms with Gasteiger partial charge in [0.25, 0.3) is 0 Å². The summed E-state index contributed by atoms with van der Waals surface area (Å²) in [6.07, 6.45) is 5.41. The van der Waals surface area contributed by atoms with Crippen molar-refractivity contribution in [3.05, 3.63) is 29.8 Å². The van der Waals surface area contributed by atoms with Gasteiger partial charge in [-0.2, -0.15) is 0 Å². The lowest BCUT2D eigenvalue weighted by molar-refractivity contribution is -0.159. The van der Waals surface area contributed by atoms with Gasteiger partial charge in [0.05, 0.1) is 7.11 Å². The lowest BCUT2D eigenvalue weighted by atomic mass is 10.1. The number of nitrogens with one attached hydrogen (secondary N) is 1. The van der Waals surface area contributed by atoms with Crippen LogP contribution >= 0.6 is 0 Å². The summed E-state index contributed by atoms with van der Waals surface area (Å²) in [5.41, 5.74) is 1.26. The van der Waals surface area contributed by atoms with Crippen LogP contribution in [0.4, 0.5) is 0 Å². The number of para-hydroxylation sites is 1. The molecule has 0 radical (unpaired) electrons. The van der Waals surface area contributed by atoms with Crippen LogP contribution < -0.4 is 10.1 Å². The quantitative estimate of drug-likeness (QED) is 0.734. The molecule has 3 N–H and O–H groups in total. The highest BCUT2D eigenvalue weighted by Crippen LogP contribution is 2.20. The third-order valence-corrected chi connectivity index (χ3v) is 3.31. The number of aliphatic carboxylic acids is 2. The van der Waals surface area contributed by atoms with E-state index in [-0.39, 0.29) is 0 Å². The monoisotopic (exact) mass is 295 g/mol. The van der Waals surface area contributed by atoms with Crippen LogP contribution in [-0.4, -0.2) is 35.3 Å². The molecule has 1 saturated carbocycles. The van der Waals surface area contributed by atoms with Crippen LogP contribution in [0.25, 0.3) is 0 Å². The number of carboxylic acid groups (broad SMARTS) is 2. The summed E-state index contributed by atoms with van der Waals surface area (Å²) in [7, 11) is 1.73. The molecule has 6 nitrogen and oxygen atoms in total. The first kappa shape index (κ1) is 17.0. The lowest BCUT2D eigenvalue weighted by Crippen LogP contribution is -2.25. The molecule has 0 spiro atoms. The summed E-state index contributed by atoms with van der Waals surface area (Å²) < 4.78 is 5.32. The van der Waals surface area contributed by atoms with Crippen molar-refractivity contribution in [1.82, 2.24) is 5.32 Å². The molecule has 0 aromatic heterocycles. The number of rotatable bonds is 4. The molecule has 0 atom stereocenters. The zero-order valence-electron chi connectivity index (χ0n) is 12.0. The highest BCUT2D eigenvalue weighted by atomic mass is 16.5. The average Bonchev–Trinajstić information content (AvgIpc) is 2.99. The molecule has 0 amide bonds. The van der Waals surface area contributed by atoms with Gasteiger partial charge in [0.2, 0.25) is 0 Å². The summed E-state index contributed by atoms with van der Waals surface area (Å²) >= 11 is 0. The van der Waals surface area contributed by atoms with E-state index >= 15 is 0 Å². The molecule has 1 aliphatic rings. The van der Waals surface area contributed by atoms with E-state index in [0.29, 0.717) is 0 Å². The van der Waals surface area contributed by atoms with Crippen LogP contribution in [0.3, 0.4) is 0 Å². The van der Waals surface area contributed by atoms with E-state index < -0.39 is 11.9 Å². The Balaban J connectivity index is 0.000000315. The van der Waals surface area contributed by atoms with Crippen LogP contribution in [-0.2, 0) is 16.1 Å². The minimum atomic E-state index is -1.82. The molecule has 1 fully saturated rings. The van der Waals surface area contributed by atoms with Crippen LogP contribution in [0.2, 0.25) is 0 Å². The Morgan fingerprint density at radius 1 is 1.19 bits per heavy atom. The van der Waals surface area contributed by atoms with E-state index in [0.717, 1.165) is 18.3 Å². The van der Waals surface area contributed by atoms with Crippen molar-refractivity contribution in [3.8, 4) is 5.75 Å². The summed E-state index contributed by atoms with van der Waals surface area (Å²) in [6.45, 7) is 0.925. The zero-order chi connectivity index (χ0) is 15.7. The van der Waals surface area contributed by atoms with E-state index in [4.69, 9.17) is 24.5 Å². The number of carbonyl (C=O) groups is 2. The average molecular weight is 295 g/mol. The van der Waals surface area contributed by atoms with Gasteiger partial charge in [-0.25, -0.2) is 9.59 Å². The largest absolute Gasteiger partial charge is 0.496 e. The molecule has 116 valence electrons. The second kappa shape index (κ2) is 8.97. The van der Waals surface area contributed by atoms with Crippen LogP contribution in [0.15, 0.2) is 24.3 Å². The van der Waals surface area contributed by atoms with Gasteiger partial charge in [-0.05, 0) is 18.9 Å². The Bertz CT molecular complexity index is 457. The van der Waals surface area contributed by atoms with Gasteiger partial charge in [0.1, 0.15) is 5.75 Å². The van der Waals surface area contributed by atoms with Crippen molar-refractivity contribution in [2.75, 3.05) is 7.11 Å². The van der Waals surface area contributed by atoms with E-state index in [1.54, 1.807) is 7.11 Å². The summed E-state index contributed by atoms with van der Waals surface area (Å²) in [4.78, 5) is 18.2. The highest BCUT2D eigenvalue weighted by molar-refractivity contribution is 6.27. The van der Waals surface area contributed by atoms with Crippen molar-refractivity contribution < 1.29 is 24.5 Å². The molecule has 0 heterocycles. The van der Waals surface area contributed by atoms with Crippen molar-refractivity contribution in [2.45, 2.75) is 38.3 Å². The molecule has 0 aliphatic heterocycles. The molecular weight excluding hydrogens is 274 g/mol. The highest BCUT2D eigenvalue weighted by Gasteiger charge is 2.14. The molecule has 0 unspecified atom stereocenters. The first-order chi connectivity index (χ1) is 10.0. The van der Waals surface area contributed by atoms with Crippen LogP contribution in [0, 0.1) is 0 Å². The number of hydrogen-bond acceptors (Lipinski definition) is 4. The minimum absolute atomic E-state index is 0.718. The van der Waals surface area contributed by atoms with E-state index in [1.807, 2.05) is 12.1 Å². The second-order valence-corrected chi connectivity index (χ2v) is 4.78.